The molecule has 0 bridgehead atoms. The molecule has 0 fully saturated rings. The highest BCUT2D eigenvalue weighted by molar-refractivity contribution is 5.55. The van der Waals surface area contributed by atoms with Crippen molar-refractivity contribution in [3.63, 3.8) is 0 Å². The van der Waals surface area contributed by atoms with Crippen LogP contribution in [-0.4, -0.2) is 24.1 Å². The van der Waals surface area contributed by atoms with Gasteiger partial charge in [0.2, 0.25) is 5.75 Å². The molecule has 2 aromatic rings. The van der Waals surface area contributed by atoms with Gasteiger partial charge in [-0.05, 0) is 31.0 Å². The van der Waals surface area contributed by atoms with Crippen LogP contribution in [0, 0.1) is 13.8 Å². The number of hydrogen-bond donors (Lipinski definition) is 1. The maximum atomic E-state index is 5.84. The van der Waals surface area contributed by atoms with Crippen molar-refractivity contribution in [2.75, 3.05) is 19.5 Å². The molecule has 0 aliphatic heterocycles. The average Bonchev–Trinajstić information content (AvgIpc) is 2.42. The predicted molar refractivity (Wildman–Crippen MR) is 74.1 cm³/mol. The minimum absolute atomic E-state index is 0.399. The molecule has 0 atom stereocenters. The molecule has 1 heterocycles. The van der Waals surface area contributed by atoms with E-state index in [1.54, 1.807) is 14.2 Å². The van der Waals surface area contributed by atoms with Crippen molar-refractivity contribution in [3.8, 4) is 17.4 Å². The Hall–Kier alpha value is -2.30. The van der Waals surface area contributed by atoms with Crippen LogP contribution in [0.1, 0.15) is 11.1 Å². The molecule has 5 heteroatoms. The van der Waals surface area contributed by atoms with Crippen LogP contribution in [-0.2, 0) is 0 Å². The van der Waals surface area contributed by atoms with Crippen LogP contribution in [0.3, 0.4) is 0 Å². The molecule has 0 radical (unpaired) electrons. The van der Waals surface area contributed by atoms with Gasteiger partial charge in [-0.15, -0.1) is 0 Å². The maximum absolute atomic E-state index is 5.84. The van der Waals surface area contributed by atoms with E-state index >= 15 is 0 Å². The van der Waals surface area contributed by atoms with Crippen molar-refractivity contribution in [2.24, 2.45) is 0 Å². The summed E-state index contributed by atoms with van der Waals surface area (Å²) in [7, 11) is 3.34. The van der Waals surface area contributed by atoms with Gasteiger partial charge < -0.3 is 14.8 Å². The lowest BCUT2D eigenvalue weighted by Crippen LogP contribution is -2.01. The zero-order valence-corrected chi connectivity index (χ0v) is 11.5. The second kappa shape index (κ2) is 5.56. The fourth-order valence-electron chi connectivity index (χ4n) is 1.71. The summed E-state index contributed by atoms with van der Waals surface area (Å²) in [6.45, 7) is 4.00. The van der Waals surface area contributed by atoms with Crippen LogP contribution in [0.2, 0.25) is 0 Å². The summed E-state index contributed by atoms with van der Waals surface area (Å²) in [5, 5.41) is 2.94. The molecule has 1 aromatic carbocycles. The number of anilines is 1. The standard InChI is InChI=1S/C14H17N3O2/c1-9-5-6-10(2)11(7-9)19-14-12(18-4)13(15-3)16-8-17-14/h5-8H,1-4H3,(H,15,16,17). The van der Waals surface area contributed by atoms with Gasteiger partial charge in [-0.1, -0.05) is 12.1 Å². The summed E-state index contributed by atoms with van der Waals surface area (Å²) in [6, 6.07) is 6.02. The first kappa shape index (κ1) is 13.1. The van der Waals surface area contributed by atoms with E-state index < -0.39 is 0 Å². The van der Waals surface area contributed by atoms with Crippen molar-refractivity contribution >= 4 is 5.82 Å². The number of rotatable bonds is 4. The second-order valence-electron chi connectivity index (χ2n) is 4.18. The number of methoxy groups -OCH3 is 1. The first-order valence-corrected chi connectivity index (χ1v) is 5.97. The maximum Gasteiger partial charge on any atom is 0.268 e. The van der Waals surface area contributed by atoms with Crippen LogP contribution in [0.5, 0.6) is 17.4 Å². The smallest absolute Gasteiger partial charge is 0.268 e. The van der Waals surface area contributed by atoms with Gasteiger partial charge in [-0.2, -0.15) is 4.98 Å². The molecule has 19 heavy (non-hydrogen) atoms. The molecule has 0 spiro atoms. The van der Waals surface area contributed by atoms with E-state index in [-0.39, 0.29) is 0 Å². The van der Waals surface area contributed by atoms with Crippen LogP contribution >= 0.6 is 0 Å². The molecule has 0 aliphatic rings. The zero-order valence-electron chi connectivity index (χ0n) is 11.5. The number of aromatic nitrogens is 2. The molecule has 5 nitrogen and oxygen atoms in total. The van der Waals surface area contributed by atoms with E-state index in [2.05, 4.69) is 15.3 Å². The van der Waals surface area contributed by atoms with Gasteiger partial charge in [0.1, 0.15) is 12.1 Å². The van der Waals surface area contributed by atoms with Gasteiger partial charge >= 0.3 is 0 Å². The molecule has 0 saturated carbocycles. The molecular weight excluding hydrogens is 242 g/mol. The second-order valence-corrected chi connectivity index (χ2v) is 4.18. The van der Waals surface area contributed by atoms with E-state index in [1.165, 1.54) is 6.33 Å². The minimum Gasteiger partial charge on any atom is -0.489 e. The highest BCUT2D eigenvalue weighted by atomic mass is 16.5. The zero-order chi connectivity index (χ0) is 13.8. The van der Waals surface area contributed by atoms with Gasteiger partial charge in [0, 0.05) is 7.05 Å². The summed E-state index contributed by atoms with van der Waals surface area (Å²) in [5.41, 5.74) is 2.17. The third kappa shape index (κ3) is 2.76. The Labute approximate surface area is 112 Å². The van der Waals surface area contributed by atoms with Crippen LogP contribution < -0.4 is 14.8 Å². The summed E-state index contributed by atoms with van der Waals surface area (Å²) in [6.07, 6.45) is 1.44. The Morgan fingerprint density at radius 2 is 1.95 bits per heavy atom. The molecule has 1 N–H and O–H groups in total. The third-order valence-electron chi connectivity index (χ3n) is 2.76. The molecule has 0 amide bonds. The number of nitrogens with zero attached hydrogens (tertiary/aromatic N) is 2. The van der Waals surface area contributed by atoms with Crippen molar-refractivity contribution < 1.29 is 9.47 Å². The third-order valence-corrected chi connectivity index (χ3v) is 2.76. The average molecular weight is 259 g/mol. The summed E-state index contributed by atoms with van der Waals surface area (Å²) >= 11 is 0. The SMILES string of the molecule is CNc1ncnc(Oc2cc(C)ccc2C)c1OC. The lowest BCUT2D eigenvalue weighted by atomic mass is 10.1. The Morgan fingerprint density at radius 1 is 1.16 bits per heavy atom. The van der Waals surface area contributed by atoms with Crippen LogP contribution in [0.25, 0.3) is 0 Å². The molecule has 0 saturated heterocycles. The molecular formula is C14H17N3O2. The topological polar surface area (TPSA) is 56.3 Å². The van der Waals surface area contributed by atoms with Crippen molar-refractivity contribution in [3.05, 3.63) is 35.7 Å². The van der Waals surface area contributed by atoms with Gasteiger partial charge in [-0.25, -0.2) is 4.98 Å². The molecule has 100 valence electrons. The van der Waals surface area contributed by atoms with E-state index in [0.29, 0.717) is 17.4 Å². The van der Waals surface area contributed by atoms with E-state index in [0.717, 1.165) is 16.9 Å². The number of benzene rings is 1. The van der Waals surface area contributed by atoms with Crippen LogP contribution in [0.4, 0.5) is 5.82 Å². The Morgan fingerprint density at radius 3 is 2.63 bits per heavy atom. The molecule has 2 rings (SSSR count). The normalized spacial score (nSPS) is 10.1. The Bertz CT molecular complexity index is 585. The fourth-order valence-corrected chi connectivity index (χ4v) is 1.71. The first-order valence-electron chi connectivity index (χ1n) is 5.97. The summed E-state index contributed by atoms with van der Waals surface area (Å²) < 4.78 is 11.1. The van der Waals surface area contributed by atoms with E-state index in [9.17, 15) is 0 Å². The van der Waals surface area contributed by atoms with Crippen molar-refractivity contribution in [1.82, 2.24) is 9.97 Å². The number of hydrogen-bond acceptors (Lipinski definition) is 5. The highest BCUT2D eigenvalue weighted by Crippen LogP contribution is 2.35. The fraction of sp³-hybridized carbons (Fsp3) is 0.286. The number of nitrogens with one attached hydrogen (secondary N) is 1. The molecule has 1 aromatic heterocycles. The number of aryl methyl sites for hydroxylation is 2. The first-order chi connectivity index (χ1) is 9.15. The van der Waals surface area contributed by atoms with E-state index in [4.69, 9.17) is 9.47 Å². The minimum atomic E-state index is 0.399. The predicted octanol–water partition coefficient (Wildman–Crippen LogP) is 2.94. The quantitative estimate of drug-likeness (QED) is 0.914. The molecule has 0 aliphatic carbocycles. The van der Waals surface area contributed by atoms with Crippen LogP contribution in [0.15, 0.2) is 24.5 Å². The van der Waals surface area contributed by atoms with Gasteiger partial charge in [0.05, 0.1) is 7.11 Å². The van der Waals surface area contributed by atoms with Crippen molar-refractivity contribution in [2.45, 2.75) is 13.8 Å². The Kier molecular flexibility index (Phi) is 3.85. The van der Waals surface area contributed by atoms with Crippen molar-refractivity contribution in [1.29, 1.82) is 0 Å². The Balaban J connectivity index is 2.40. The van der Waals surface area contributed by atoms with Gasteiger partial charge in [0.25, 0.3) is 5.88 Å². The summed E-state index contributed by atoms with van der Waals surface area (Å²) in [5.74, 6) is 2.25. The summed E-state index contributed by atoms with van der Waals surface area (Å²) in [4.78, 5) is 8.21. The van der Waals surface area contributed by atoms with Gasteiger partial charge in [0.15, 0.2) is 5.82 Å². The highest BCUT2D eigenvalue weighted by Gasteiger charge is 2.14. The van der Waals surface area contributed by atoms with E-state index in [1.807, 2.05) is 32.0 Å². The largest absolute Gasteiger partial charge is 0.489 e. The lowest BCUT2D eigenvalue weighted by molar-refractivity contribution is 0.368. The molecule has 0 unspecified atom stereocenters. The number of ether oxygens (including phenoxy) is 2. The monoisotopic (exact) mass is 259 g/mol. The van der Waals surface area contributed by atoms with Gasteiger partial charge in [-0.3, -0.25) is 0 Å². The lowest BCUT2D eigenvalue weighted by Gasteiger charge is -2.13.